The number of carbonyl (C=O) groups excluding carboxylic acids is 1. The zero-order valence-electron chi connectivity index (χ0n) is 12.4. The first-order chi connectivity index (χ1) is 11.2. The maximum atomic E-state index is 12.0. The number of amides is 1. The van der Waals surface area contributed by atoms with Crippen LogP contribution in [0.5, 0.6) is 0 Å². The maximum Gasteiger partial charge on any atom is 0.248 e. The number of nitrogens with one attached hydrogen (secondary N) is 1. The third kappa shape index (κ3) is 3.65. The lowest BCUT2D eigenvalue weighted by molar-refractivity contribution is -0.111. The van der Waals surface area contributed by atoms with Crippen LogP contribution < -0.4 is 5.32 Å². The molecule has 2 heterocycles. The summed E-state index contributed by atoms with van der Waals surface area (Å²) in [6, 6.07) is 9.24. The standard InChI is InChI=1S/C16H14N6O/c1-12-4-6-14(9-15(12)22-11-18-20-21-22)19-16(23)7-5-13-3-2-8-17-10-13/h2-11H,1H3,(H,19,23)/b7-5+. The van der Waals surface area contributed by atoms with E-state index >= 15 is 0 Å². The number of hydrogen-bond acceptors (Lipinski definition) is 5. The summed E-state index contributed by atoms with van der Waals surface area (Å²) < 4.78 is 1.55. The van der Waals surface area contributed by atoms with Gasteiger partial charge in [0, 0.05) is 24.2 Å². The van der Waals surface area contributed by atoms with Crippen molar-refractivity contribution in [3.05, 3.63) is 66.3 Å². The summed E-state index contributed by atoms with van der Waals surface area (Å²) in [6.45, 7) is 1.95. The van der Waals surface area contributed by atoms with Gasteiger partial charge in [0.2, 0.25) is 5.91 Å². The van der Waals surface area contributed by atoms with Gasteiger partial charge in [0.25, 0.3) is 0 Å². The molecule has 0 aliphatic carbocycles. The van der Waals surface area contributed by atoms with Crippen LogP contribution in [-0.2, 0) is 4.79 Å². The van der Waals surface area contributed by atoms with Gasteiger partial charge >= 0.3 is 0 Å². The first-order valence-electron chi connectivity index (χ1n) is 6.95. The van der Waals surface area contributed by atoms with Crippen molar-refractivity contribution in [2.75, 3.05) is 5.32 Å². The number of anilines is 1. The molecule has 0 saturated carbocycles. The van der Waals surface area contributed by atoms with Gasteiger partial charge in [-0.2, -0.15) is 0 Å². The van der Waals surface area contributed by atoms with E-state index in [0.29, 0.717) is 5.69 Å². The molecule has 0 aliphatic rings. The predicted octanol–water partition coefficient (Wildman–Crippen LogP) is 2.02. The predicted molar refractivity (Wildman–Crippen MR) is 85.8 cm³/mol. The fraction of sp³-hybridized carbons (Fsp3) is 0.0625. The second-order valence-electron chi connectivity index (χ2n) is 4.86. The third-order valence-corrected chi connectivity index (χ3v) is 3.18. The van der Waals surface area contributed by atoms with Crippen LogP contribution in [0.3, 0.4) is 0 Å². The fourth-order valence-electron chi connectivity index (χ4n) is 2.04. The normalized spacial score (nSPS) is 10.8. The molecule has 1 N–H and O–H groups in total. The van der Waals surface area contributed by atoms with Gasteiger partial charge in [-0.05, 0) is 52.8 Å². The van der Waals surface area contributed by atoms with Crippen molar-refractivity contribution in [3.8, 4) is 5.69 Å². The number of benzene rings is 1. The van der Waals surface area contributed by atoms with Crippen molar-refractivity contribution < 1.29 is 4.79 Å². The number of carbonyl (C=O) groups is 1. The summed E-state index contributed by atoms with van der Waals surface area (Å²) in [5.41, 5.74) is 3.34. The van der Waals surface area contributed by atoms with Crippen molar-refractivity contribution in [2.24, 2.45) is 0 Å². The maximum absolute atomic E-state index is 12.0. The van der Waals surface area contributed by atoms with Gasteiger partial charge in [0.15, 0.2) is 0 Å². The van der Waals surface area contributed by atoms with Crippen LogP contribution >= 0.6 is 0 Å². The number of rotatable bonds is 4. The molecular formula is C16H14N6O. The third-order valence-electron chi connectivity index (χ3n) is 3.18. The topological polar surface area (TPSA) is 85.6 Å². The van der Waals surface area contributed by atoms with Crippen LogP contribution in [0.1, 0.15) is 11.1 Å². The molecule has 1 amide bonds. The summed E-state index contributed by atoms with van der Waals surface area (Å²) in [5.74, 6) is -0.222. The Hall–Kier alpha value is -3.35. The Morgan fingerprint density at radius 1 is 1.30 bits per heavy atom. The molecule has 7 heteroatoms. The Morgan fingerprint density at radius 2 is 2.22 bits per heavy atom. The van der Waals surface area contributed by atoms with Crippen LogP contribution in [0, 0.1) is 6.92 Å². The summed E-state index contributed by atoms with van der Waals surface area (Å²) >= 11 is 0. The van der Waals surface area contributed by atoms with Crippen molar-refractivity contribution in [3.63, 3.8) is 0 Å². The second-order valence-corrected chi connectivity index (χ2v) is 4.86. The molecule has 0 unspecified atom stereocenters. The molecule has 0 saturated heterocycles. The Morgan fingerprint density at radius 3 is 2.96 bits per heavy atom. The van der Waals surface area contributed by atoms with E-state index in [2.05, 4.69) is 25.8 Å². The summed E-state index contributed by atoms with van der Waals surface area (Å²) in [7, 11) is 0. The summed E-state index contributed by atoms with van der Waals surface area (Å²) in [4.78, 5) is 16.0. The molecular weight excluding hydrogens is 292 g/mol. The minimum Gasteiger partial charge on any atom is -0.322 e. The van der Waals surface area contributed by atoms with E-state index in [1.807, 2.05) is 37.3 Å². The van der Waals surface area contributed by atoms with E-state index in [-0.39, 0.29) is 5.91 Å². The highest BCUT2D eigenvalue weighted by molar-refractivity contribution is 6.02. The zero-order valence-corrected chi connectivity index (χ0v) is 12.4. The van der Waals surface area contributed by atoms with Crippen LogP contribution in [0.15, 0.2) is 55.1 Å². The van der Waals surface area contributed by atoms with Crippen molar-refractivity contribution >= 4 is 17.7 Å². The molecule has 0 atom stereocenters. The quantitative estimate of drug-likeness (QED) is 0.745. The van der Waals surface area contributed by atoms with Crippen LogP contribution in [-0.4, -0.2) is 31.1 Å². The van der Waals surface area contributed by atoms with Gasteiger partial charge in [-0.15, -0.1) is 5.10 Å². The fourth-order valence-corrected chi connectivity index (χ4v) is 2.04. The Labute approximate surface area is 132 Å². The number of pyridine rings is 1. The van der Waals surface area contributed by atoms with E-state index in [9.17, 15) is 4.79 Å². The number of nitrogens with zero attached hydrogens (tertiary/aromatic N) is 5. The molecule has 3 rings (SSSR count). The molecule has 0 fully saturated rings. The second kappa shape index (κ2) is 6.61. The van der Waals surface area contributed by atoms with Crippen molar-refractivity contribution in [2.45, 2.75) is 6.92 Å². The smallest absolute Gasteiger partial charge is 0.248 e. The highest BCUT2D eigenvalue weighted by Gasteiger charge is 2.05. The van der Waals surface area contributed by atoms with Gasteiger partial charge in [-0.25, -0.2) is 4.68 Å². The minimum atomic E-state index is -0.222. The van der Waals surface area contributed by atoms with E-state index in [1.54, 1.807) is 23.2 Å². The first kappa shape index (κ1) is 14.6. The van der Waals surface area contributed by atoms with Crippen LogP contribution in [0.4, 0.5) is 5.69 Å². The molecule has 0 radical (unpaired) electrons. The van der Waals surface area contributed by atoms with Crippen molar-refractivity contribution in [1.29, 1.82) is 0 Å². The van der Waals surface area contributed by atoms with E-state index in [1.165, 1.54) is 12.4 Å². The lowest BCUT2D eigenvalue weighted by Gasteiger charge is -2.08. The number of aromatic nitrogens is 5. The lowest BCUT2D eigenvalue weighted by atomic mass is 10.2. The first-order valence-corrected chi connectivity index (χ1v) is 6.95. The van der Waals surface area contributed by atoms with Gasteiger partial charge in [0.1, 0.15) is 6.33 Å². The van der Waals surface area contributed by atoms with Gasteiger partial charge in [-0.1, -0.05) is 12.1 Å². The average Bonchev–Trinajstić information content (AvgIpc) is 3.10. The van der Waals surface area contributed by atoms with Gasteiger partial charge in [-0.3, -0.25) is 9.78 Å². The summed E-state index contributed by atoms with van der Waals surface area (Å²) in [5, 5.41) is 13.9. The Bertz CT molecular complexity index is 827. The lowest BCUT2D eigenvalue weighted by Crippen LogP contribution is -2.09. The van der Waals surface area contributed by atoms with Gasteiger partial charge in [0.05, 0.1) is 5.69 Å². The number of tetrazole rings is 1. The molecule has 1 aromatic carbocycles. The van der Waals surface area contributed by atoms with Crippen molar-refractivity contribution in [1.82, 2.24) is 25.2 Å². The largest absolute Gasteiger partial charge is 0.322 e. The molecule has 0 aliphatic heterocycles. The molecule has 114 valence electrons. The SMILES string of the molecule is Cc1ccc(NC(=O)/C=C/c2cccnc2)cc1-n1cnnn1. The number of aryl methyl sites for hydroxylation is 1. The molecule has 0 bridgehead atoms. The average molecular weight is 306 g/mol. The molecule has 23 heavy (non-hydrogen) atoms. The van der Waals surface area contributed by atoms with Crippen LogP contribution in [0.2, 0.25) is 0 Å². The van der Waals surface area contributed by atoms with Crippen LogP contribution in [0.25, 0.3) is 11.8 Å². The molecule has 3 aromatic rings. The van der Waals surface area contributed by atoms with E-state index in [4.69, 9.17) is 0 Å². The summed E-state index contributed by atoms with van der Waals surface area (Å²) in [6.07, 6.45) is 8.05. The van der Waals surface area contributed by atoms with E-state index in [0.717, 1.165) is 16.8 Å². The highest BCUT2D eigenvalue weighted by atomic mass is 16.1. The monoisotopic (exact) mass is 306 g/mol. The molecule has 7 nitrogen and oxygen atoms in total. The highest BCUT2D eigenvalue weighted by Crippen LogP contribution is 2.18. The molecule has 0 spiro atoms. The minimum absolute atomic E-state index is 0.222. The molecule has 2 aromatic heterocycles. The number of hydrogen-bond donors (Lipinski definition) is 1. The Kier molecular flexibility index (Phi) is 4.19. The zero-order chi connectivity index (χ0) is 16.1. The van der Waals surface area contributed by atoms with Gasteiger partial charge < -0.3 is 5.32 Å². The Balaban J connectivity index is 1.74. The van der Waals surface area contributed by atoms with E-state index < -0.39 is 0 Å².